The van der Waals surface area contributed by atoms with Gasteiger partial charge in [-0.3, -0.25) is 4.40 Å². The second-order valence-electron chi connectivity index (χ2n) is 3.31. The Labute approximate surface area is 102 Å². The highest BCUT2D eigenvalue weighted by molar-refractivity contribution is 6.30. The van der Waals surface area contributed by atoms with Gasteiger partial charge in [0, 0.05) is 0 Å². The Kier molecular flexibility index (Phi) is 3.10. The van der Waals surface area contributed by atoms with E-state index in [1.165, 1.54) is 7.11 Å². The summed E-state index contributed by atoms with van der Waals surface area (Å²) in [5.41, 5.74) is 0.688. The van der Waals surface area contributed by atoms with E-state index in [0.29, 0.717) is 22.8 Å². The Hall–Kier alpha value is -1.88. The average Bonchev–Trinajstić information content (AvgIpc) is 2.69. The first-order chi connectivity index (χ1) is 8.19. The van der Waals surface area contributed by atoms with Gasteiger partial charge in [0.1, 0.15) is 17.3 Å². The molecule has 0 saturated carbocycles. The van der Waals surface area contributed by atoms with E-state index >= 15 is 0 Å². The monoisotopic (exact) mass is 252 g/mol. The van der Waals surface area contributed by atoms with Gasteiger partial charge in [-0.2, -0.15) is 0 Å². The minimum atomic E-state index is -0.554. The third-order valence-corrected chi connectivity index (χ3v) is 2.62. The van der Waals surface area contributed by atoms with Crippen molar-refractivity contribution in [3.8, 4) is 0 Å². The fourth-order valence-corrected chi connectivity index (χ4v) is 1.89. The van der Waals surface area contributed by atoms with Crippen LogP contribution in [0.1, 0.15) is 16.3 Å². The standard InChI is InChI=1S/C11H9ClN2O3/c1-17-11(16)10-7-3-2-4-8(12)14(7)9(13-10)5-6-15/h2-4,6H,5H2,1H3. The number of carbonyl (C=O) groups excluding carboxylic acids is 2. The van der Waals surface area contributed by atoms with Crippen LogP contribution in [0.4, 0.5) is 0 Å². The van der Waals surface area contributed by atoms with Gasteiger partial charge in [-0.1, -0.05) is 17.7 Å². The lowest BCUT2D eigenvalue weighted by Gasteiger charge is -2.00. The van der Waals surface area contributed by atoms with Crippen LogP contribution in [0.15, 0.2) is 18.2 Å². The van der Waals surface area contributed by atoms with Crippen LogP contribution in [-0.2, 0) is 16.0 Å². The molecule has 88 valence electrons. The van der Waals surface area contributed by atoms with Crippen molar-refractivity contribution in [2.45, 2.75) is 6.42 Å². The molecule has 0 radical (unpaired) electrons. The molecular weight excluding hydrogens is 244 g/mol. The molecular formula is C11H9ClN2O3. The van der Waals surface area contributed by atoms with Gasteiger partial charge in [-0.25, -0.2) is 9.78 Å². The summed E-state index contributed by atoms with van der Waals surface area (Å²) in [6, 6.07) is 5.06. The lowest BCUT2D eigenvalue weighted by molar-refractivity contribution is -0.107. The van der Waals surface area contributed by atoms with E-state index in [9.17, 15) is 9.59 Å². The summed E-state index contributed by atoms with van der Waals surface area (Å²) >= 11 is 6.01. The van der Waals surface area contributed by atoms with Crippen molar-refractivity contribution >= 4 is 29.4 Å². The topological polar surface area (TPSA) is 60.7 Å². The first kappa shape index (κ1) is 11.6. The van der Waals surface area contributed by atoms with E-state index < -0.39 is 5.97 Å². The fourth-order valence-electron chi connectivity index (χ4n) is 1.62. The summed E-state index contributed by atoms with van der Waals surface area (Å²) in [4.78, 5) is 26.2. The zero-order valence-electron chi connectivity index (χ0n) is 9.01. The second-order valence-corrected chi connectivity index (χ2v) is 3.70. The van der Waals surface area contributed by atoms with Crippen LogP contribution in [0.3, 0.4) is 0 Å². The zero-order valence-corrected chi connectivity index (χ0v) is 9.77. The maximum Gasteiger partial charge on any atom is 0.358 e. The van der Waals surface area contributed by atoms with Gasteiger partial charge in [-0.05, 0) is 12.1 Å². The number of halogens is 1. The van der Waals surface area contributed by atoms with Gasteiger partial charge >= 0.3 is 5.97 Å². The van der Waals surface area contributed by atoms with Crippen LogP contribution in [-0.4, -0.2) is 28.7 Å². The fraction of sp³-hybridized carbons (Fsp3) is 0.182. The number of aromatic nitrogens is 2. The highest BCUT2D eigenvalue weighted by Crippen LogP contribution is 2.20. The Morgan fingerprint density at radius 2 is 2.35 bits per heavy atom. The largest absolute Gasteiger partial charge is 0.464 e. The summed E-state index contributed by atoms with van der Waals surface area (Å²) in [6.45, 7) is 0. The van der Waals surface area contributed by atoms with Crippen molar-refractivity contribution in [3.63, 3.8) is 0 Å². The molecule has 0 aliphatic heterocycles. The van der Waals surface area contributed by atoms with E-state index in [-0.39, 0.29) is 12.1 Å². The number of nitrogens with zero attached hydrogens (tertiary/aromatic N) is 2. The molecule has 0 aromatic carbocycles. The number of esters is 1. The number of ether oxygens (including phenoxy) is 1. The van der Waals surface area contributed by atoms with Gasteiger partial charge in [-0.15, -0.1) is 0 Å². The van der Waals surface area contributed by atoms with E-state index in [0.717, 1.165) is 0 Å². The molecule has 6 heteroatoms. The Balaban J connectivity index is 2.74. The van der Waals surface area contributed by atoms with Crippen LogP contribution in [0.5, 0.6) is 0 Å². The van der Waals surface area contributed by atoms with Gasteiger partial charge < -0.3 is 9.53 Å². The first-order valence-electron chi connectivity index (χ1n) is 4.87. The zero-order chi connectivity index (χ0) is 12.4. The molecule has 0 bridgehead atoms. The van der Waals surface area contributed by atoms with Crippen molar-refractivity contribution in [2.24, 2.45) is 0 Å². The lowest BCUT2D eigenvalue weighted by atomic mass is 10.3. The van der Waals surface area contributed by atoms with E-state index in [1.807, 2.05) is 0 Å². The van der Waals surface area contributed by atoms with Crippen molar-refractivity contribution in [1.29, 1.82) is 0 Å². The Morgan fingerprint density at radius 3 is 3.00 bits per heavy atom. The summed E-state index contributed by atoms with van der Waals surface area (Å²) in [7, 11) is 1.28. The van der Waals surface area contributed by atoms with Gasteiger partial charge in [0.15, 0.2) is 5.69 Å². The first-order valence-corrected chi connectivity index (χ1v) is 5.24. The number of rotatable bonds is 3. The third kappa shape index (κ3) is 1.89. The van der Waals surface area contributed by atoms with Crippen LogP contribution < -0.4 is 0 Å². The number of hydrogen-bond donors (Lipinski definition) is 0. The number of imidazole rings is 1. The summed E-state index contributed by atoms with van der Waals surface area (Å²) in [6.07, 6.45) is 0.793. The molecule has 2 aromatic rings. The second kappa shape index (κ2) is 4.55. The minimum absolute atomic E-state index is 0.0852. The summed E-state index contributed by atoms with van der Waals surface area (Å²) in [5, 5.41) is 0.391. The molecule has 0 aliphatic carbocycles. The molecule has 17 heavy (non-hydrogen) atoms. The van der Waals surface area contributed by atoms with Crippen LogP contribution >= 0.6 is 11.6 Å². The molecule has 0 unspecified atom stereocenters. The maximum absolute atomic E-state index is 11.5. The molecule has 2 heterocycles. The number of fused-ring (bicyclic) bond motifs is 1. The quantitative estimate of drug-likeness (QED) is 0.472. The maximum atomic E-state index is 11.5. The van der Waals surface area contributed by atoms with Crippen molar-refractivity contribution in [2.75, 3.05) is 7.11 Å². The molecule has 0 fully saturated rings. The Bertz CT molecular complexity index is 592. The van der Waals surface area contributed by atoms with Gasteiger partial charge in [0.05, 0.1) is 19.0 Å². The number of carbonyl (C=O) groups is 2. The number of hydrogen-bond acceptors (Lipinski definition) is 4. The van der Waals surface area contributed by atoms with Crippen molar-refractivity contribution < 1.29 is 14.3 Å². The van der Waals surface area contributed by atoms with Crippen LogP contribution in [0.25, 0.3) is 5.52 Å². The summed E-state index contributed by atoms with van der Waals surface area (Å²) in [5.74, 6) is -0.136. The minimum Gasteiger partial charge on any atom is -0.464 e. The van der Waals surface area contributed by atoms with E-state index in [2.05, 4.69) is 9.72 Å². The van der Waals surface area contributed by atoms with Crippen molar-refractivity contribution in [1.82, 2.24) is 9.38 Å². The predicted molar refractivity (Wildman–Crippen MR) is 61.3 cm³/mol. The molecule has 0 atom stereocenters. The highest BCUT2D eigenvalue weighted by atomic mass is 35.5. The SMILES string of the molecule is COC(=O)c1nc(CC=O)n2c(Cl)cccc12. The van der Waals surface area contributed by atoms with Crippen LogP contribution in [0.2, 0.25) is 5.15 Å². The molecule has 2 aromatic heterocycles. The Morgan fingerprint density at radius 1 is 1.59 bits per heavy atom. The third-order valence-electron chi connectivity index (χ3n) is 2.33. The van der Waals surface area contributed by atoms with Crippen molar-refractivity contribution in [3.05, 3.63) is 34.9 Å². The number of aldehydes is 1. The highest BCUT2D eigenvalue weighted by Gasteiger charge is 2.18. The number of methoxy groups -OCH3 is 1. The van der Waals surface area contributed by atoms with E-state index in [1.54, 1.807) is 22.6 Å². The lowest BCUT2D eigenvalue weighted by Crippen LogP contribution is -2.02. The van der Waals surface area contributed by atoms with Gasteiger partial charge in [0.25, 0.3) is 0 Å². The normalized spacial score (nSPS) is 10.5. The van der Waals surface area contributed by atoms with Gasteiger partial charge in [0.2, 0.25) is 0 Å². The smallest absolute Gasteiger partial charge is 0.358 e. The number of pyridine rings is 1. The molecule has 0 spiro atoms. The molecule has 0 saturated heterocycles. The van der Waals surface area contributed by atoms with Crippen LogP contribution in [0, 0.1) is 0 Å². The van der Waals surface area contributed by atoms with E-state index in [4.69, 9.17) is 11.6 Å². The molecule has 2 rings (SSSR count). The predicted octanol–water partition coefficient (Wildman–Crippen LogP) is 1.52. The molecule has 5 nitrogen and oxygen atoms in total. The molecule has 0 aliphatic rings. The average molecular weight is 253 g/mol. The molecule has 0 amide bonds. The molecule has 0 N–H and O–H groups in total. The summed E-state index contributed by atoms with van der Waals surface area (Å²) < 4.78 is 6.19.